The van der Waals surface area contributed by atoms with Gasteiger partial charge in [0.05, 0.1) is 6.54 Å². The molecular formula is C19H36N4O2S. The van der Waals surface area contributed by atoms with Gasteiger partial charge in [-0.05, 0) is 31.9 Å². The number of likely N-dealkylation sites (tertiary alicyclic amines) is 1. The molecule has 7 heteroatoms. The predicted octanol–water partition coefficient (Wildman–Crippen LogP) is 2.10. The molecule has 1 atom stereocenters. The molecule has 0 radical (unpaired) electrons. The zero-order valence-electron chi connectivity index (χ0n) is 16.8. The smallest absolute Gasteiger partial charge is 0.225 e. The SMILES string of the molecule is CCNC(=NCC1(SCC)CCOCC1)NC1CCN(C(=O)C(C)C)C1. The van der Waals surface area contributed by atoms with E-state index in [-0.39, 0.29) is 22.6 Å². The van der Waals surface area contributed by atoms with Crippen LogP contribution in [0.15, 0.2) is 4.99 Å². The molecule has 150 valence electrons. The van der Waals surface area contributed by atoms with E-state index in [9.17, 15) is 4.79 Å². The number of hydrogen-bond donors (Lipinski definition) is 2. The number of nitrogens with zero attached hydrogens (tertiary/aromatic N) is 2. The minimum absolute atomic E-state index is 0.0649. The van der Waals surface area contributed by atoms with E-state index in [1.807, 2.05) is 30.5 Å². The first-order valence-corrected chi connectivity index (χ1v) is 11.0. The Bertz CT molecular complexity index is 473. The van der Waals surface area contributed by atoms with E-state index >= 15 is 0 Å². The molecule has 1 amide bonds. The van der Waals surface area contributed by atoms with Crippen molar-refractivity contribution in [2.75, 3.05) is 45.1 Å². The number of guanidine groups is 1. The van der Waals surface area contributed by atoms with Gasteiger partial charge in [0.1, 0.15) is 0 Å². The Morgan fingerprint density at radius 3 is 2.69 bits per heavy atom. The van der Waals surface area contributed by atoms with Crippen molar-refractivity contribution in [2.24, 2.45) is 10.9 Å². The molecule has 2 fully saturated rings. The lowest BCUT2D eigenvalue weighted by Gasteiger charge is -2.35. The highest BCUT2D eigenvalue weighted by Crippen LogP contribution is 2.35. The zero-order chi connectivity index (χ0) is 19.0. The fourth-order valence-corrected chi connectivity index (χ4v) is 4.80. The Morgan fingerprint density at radius 1 is 1.35 bits per heavy atom. The summed E-state index contributed by atoms with van der Waals surface area (Å²) >= 11 is 2.01. The van der Waals surface area contributed by atoms with Gasteiger partial charge in [-0.1, -0.05) is 20.8 Å². The molecule has 0 aromatic rings. The summed E-state index contributed by atoms with van der Waals surface area (Å²) in [6.07, 6.45) is 3.11. The van der Waals surface area contributed by atoms with E-state index in [4.69, 9.17) is 9.73 Å². The largest absolute Gasteiger partial charge is 0.381 e. The van der Waals surface area contributed by atoms with E-state index in [0.29, 0.717) is 0 Å². The van der Waals surface area contributed by atoms with Crippen molar-refractivity contribution in [1.82, 2.24) is 15.5 Å². The van der Waals surface area contributed by atoms with Gasteiger partial charge < -0.3 is 20.3 Å². The van der Waals surface area contributed by atoms with E-state index < -0.39 is 0 Å². The van der Waals surface area contributed by atoms with Gasteiger partial charge in [0, 0.05) is 49.6 Å². The zero-order valence-corrected chi connectivity index (χ0v) is 17.7. The molecule has 2 aliphatic rings. The third-order valence-electron chi connectivity index (χ3n) is 5.06. The van der Waals surface area contributed by atoms with Gasteiger partial charge in [-0.15, -0.1) is 0 Å². The van der Waals surface area contributed by atoms with Crippen molar-refractivity contribution in [3.05, 3.63) is 0 Å². The van der Waals surface area contributed by atoms with E-state index in [1.165, 1.54) is 0 Å². The fraction of sp³-hybridized carbons (Fsp3) is 0.895. The second-order valence-corrected chi connectivity index (χ2v) is 9.22. The molecule has 2 N–H and O–H groups in total. The summed E-state index contributed by atoms with van der Waals surface area (Å²) in [6.45, 7) is 13.2. The highest BCUT2D eigenvalue weighted by atomic mass is 32.2. The van der Waals surface area contributed by atoms with Crippen LogP contribution < -0.4 is 10.6 Å². The van der Waals surface area contributed by atoms with Crippen molar-refractivity contribution >= 4 is 23.6 Å². The molecular weight excluding hydrogens is 348 g/mol. The standard InChI is InChI=1S/C19H36N4O2S/c1-5-20-18(21-14-19(26-6-2)8-11-25-12-9-19)22-16-7-10-23(13-16)17(24)15(3)4/h15-16H,5-14H2,1-4H3,(H2,20,21,22). The maximum atomic E-state index is 12.2. The van der Waals surface area contributed by atoms with Crippen LogP contribution in [0.5, 0.6) is 0 Å². The second-order valence-electron chi connectivity index (χ2n) is 7.49. The quantitative estimate of drug-likeness (QED) is 0.520. The molecule has 2 saturated heterocycles. The average molecular weight is 385 g/mol. The number of aliphatic imine (C=N–C) groups is 1. The summed E-state index contributed by atoms with van der Waals surface area (Å²) in [4.78, 5) is 19.1. The van der Waals surface area contributed by atoms with Crippen LogP contribution in [-0.4, -0.2) is 72.7 Å². The van der Waals surface area contributed by atoms with Gasteiger partial charge in [0.15, 0.2) is 5.96 Å². The van der Waals surface area contributed by atoms with Gasteiger partial charge in [-0.3, -0.25) is 9.79 Å². The minimum Gasteiger partial charge on any atom is -0.381 e. The van der Waals surface area contributed by atoms with Gasteiger partial charge in [-0.2, -0.15) is 11.8 Å². The number of nitrogens with one attached hydrogen (secondary N) is 2. The molecule has 0 bridgehead atoms. The number of carbonyl (C=O) groups is 1. The van der Waals surface area contributed by atoms with Crippen LogP contribution in [0.2, 0.25) is 0 Å². The van der Waals surface area contributed by atoms with Crippen LogP contribution in [0.4, 0.5) is 0 Å². The molecule has 2 aliphatic heterocycles. The Balaban J connectivity index is 1.95. The molecule has 0 aromatic heterocycles. The van der Waals surface area contributed by atoms with Crippen LogP contribution in [0.3, 0.4) is 0 Å². The van der Waals surface area contributed by atoms with Crippen molar-refractivity contribution in [2.45, 2.75) is 57.7 Å². The first-order chi connectivity index (χ1) is 12.5. The van der Waals surface area contributed by atoms with Crippen LogP contribution in [0.1, 0.15) is 47.0 Å². The maximum Gasteiger partial charge on any atom is 0.225 e. The third kappa shape index (κ3) is 6.05. The number of hydrogen-bond acceptors (Lipinski definition) is 4. The Labute approximate surface area is 162 Å². The van der Waals surface area contributed by atoms with Crippen LogP contribution in [0.25, 0.3) is 0 Å². The van der Waals surface area contributed by atoms with Crippen molar-refractivity contribution in [3.63, 3.8) is 0 Å². The van der Waals surface area contributed by atoms with Crippen molar-refractivity contribution in [1.29, 1.82) is 0 Å². The number of amides is 1. The van der Waals surface area contributed by atoms with Gasteiger partial charge in [0.25, 0.3) is 0 Å². The first-order valence-electron chi connectivity index (χ1n) is 10.0. The number of ether oxygens (including phenoxy) is 1. The highest BCUT2D eigenvalue weighted by molar-refractivity contribution is 8.00. The molecule has 6 nitrogen and oxygen atoms in total. The minimum atomic E-state index is 0.0649. The summed E-state index contributed by atoms with van der Waals surface area (Å²) in [5.41, 5.74) is 0. The maximum absolute atomic E-state index is 12.2. The topological polar surface area (TPSA) is 66.0 Å². The molecule has 0 aliphatic carbocycles. The summed E-state index contributed by atoms with van der Waals surface area (Å²) in [7, 11) is 0. The molecule has 2 rings (SSSR count). The fourth-order valence-electron chi connectivity index (χ4n) is 3.58. The normalized spacial score (nSPS) is 23.3. The summed E-state index contributed by atoms with van der Waals surface area (Å²) in [6, 6.07) is 0.278. The molecule has 0 spiro atoms. The lowest BCUT2D eigenvalue weighted by Crippen LogP contribution is -2.46. The van der Waals surface area contributed by atoms with Crippen molar-refractivity contribution in [3.8, 4) is 0 Å². The third-order valence-corrected chi connectivity index (χ3v) is 6.50. The predicted molar refractivity (Wildman–Crippen MR) is 110 cm³/mol. The Hall–Kier alpha value is -0.950. The number of thioether (sulfide) groups is 1. The average Bonchev–Trinajstić information content (AvgIpc) is 3.09. The molecule has 26 heavy (non-hydrogen) atoms. The van der Waals surface area contributed by atoms with Gasteiger partial charge >= 0.3 is 0 Å². The van der Waals surface area contributed by atoms with E-state index in [2.05, 4.69) is 24.5 Å². The monoisotopic (exact) mass is 384 g/mol. The Morgan fingerprint density at radius 2 is 2.08 bits per heavy atom. The lowest BCUT2D eigenvalue weighted by atomic mass is 9.99. The van der Waals surface area contributed by atoms with Crippen LogP contribution in [0, 0.1) is 5.92 Å². The first kappa shape index (κ1) is 21.4. The molecule has 1 unspecified atom stereocenters. The van der Waals surface area contributed by atoms with Crippen LogP contribution in [-0.2, 0) is 9.53 Å². The highest BCUT2D eigenvalue weighted by Gasteiger charge is 2.33. The summed E-state index contributed by atoms with van der Waals surface area (Å²) < 4.78 is 5.76. The number of rotatable bonds is 7. The Kier molecular flexibility index (Phi) is 8.54. The number of carbonyl (C=O) groups excluding carboxylic acids is 1. The lowest BCUT2D eigenvalue weighted by molar-refractivity contribution is -0.133. The van der Waals surface area contributed by atoms with Gasteiger partial charge in [-0.25, -0.2) is 0 Å². The van der Waals surface area contributed by atoms with Crippen LogP contribution >= 0.6 is 11.8 Å². The second kappa shape index (κ2) is 10.4. The summed E-state index contributed by atoms with van der Waals surface area (Å²) in [5.74, 6) is 2.29. The van der Waals surface area contributed by atoms with Crippen molar-refractivity contribution < 1.29 is 9.53 Å². The molecule has 0 saturated carbocycles. The van der Waals surface area contributed by atoms with Gasteiger partial charge in [0.2, 0.25) is 5.91 Å². The van der Waals surface area contributed by atoms with E-state index in [0.717, 1.165) is 70.4 Å². The van der Waals surface area contributed by atoms with E-state index in [1.54, 1.807) is 0 Å². The molecule has 0 aromatic carbocycles. The molecule has 2 heterocycles. The summed E-state index contributed by atoms with van der Waals surface area (Å²) in [5, 5.41) is 6.91.